The smallest absolute Gasteiger partial charge is 0.336 e. The topological polar surface area (TPSA) is 108 Å². The fourth-order valence-electron chi connectivity index (χ4n) is 3.48. The molecule has 3 N–H and O–H groups in total. The van der Waals surface area contributed by atoms with Gasteiger partial charge in [-0.1, -0.05) is 37.1 Å². The number of carbonyl (C=O) groups excluding carboxylic acids is 1. The van der Waals surface area contributed by atoms with Crippen LogP contribution in [0.2, 0.25) is 0 Å². The van der Waals surface area contributed by atoms with Crippen molar-refractivity contribution in [3.05, 3.63) is 56.5 Å². The van der Waals surface area contributed by atoms with Gasteiger partial charge in [0.05, 0.1) is 11.5 Å². The van der Waals surface area contributed by atoms with Gasteiger partial charge in [0, 0.05) is 23.6 Å². The second-order valence-corrected chi connectivity index (χ2v) is 8.11. The predicted octanol–water partition coefficient (Wildman–Crippen LogP) is 5.48. The van der Waals surface area contributed by atoms with Crippen molar-refractivity contribution in [2.45, 2.75) is 72.8 Å². The minimum atomic E-state index is -1.03. The summed E-state index contributed by atoms with van der Waals surface area (Å²) in [4.78, 5) is 24.9. The number of ketones is 1. The van der Waals surface area contributed by atoms with E-state index in [9.17, 15) is 24.9 Å². The zero-order valence-corrected chi connectivity index (χ0v) is 18.9. The Morgan fingerprint density at radius 2 is 1.81 bits per heavy atom. The van der Waals surface area contributed by atoms with E-state index in [1.165, 1.54) is 5.57 Å². The number of aliphatic hydroxyl groups excluding tert-OH is 1. The molecule has 2 rings (SSSR count). The average molecular weight is 429 g/mol. The lowest BCUT2D eigenvalue weighted by Crippen LogP contribution is -2.09. The van der Waals surface area contributed by atoms with Crippen LogP contribution in [0.1, 0.15) is 87.9 Å². The van der Waals surface area contributed by atoms with E-state index >= 15 is 0 Å². The Hall–Kier alpha value is -2.86. The molecule has 31 heavy (non-hydrogen) atoms. The number of aromatic hydroxyl groups is 2. The van der Waals surface area contributed by atoms with Crippen LogP contribution in [-0.4, -0.2) is 21.1 Å². The molecule has 1 atom stereocenters. The lowest BCUT2D eigenvalue weighted by molar-refractivity contribution is 0.0976. The van der Waals surface area contributed by atoms with Gasteiger partial charge in [0.2, 0.25) is 0 Å². The van der Waals surface area contributed by atoms with Crippen LogP contribution >= 0.6 is 0 Å². The second kappa shape index (κ2) is 10.4. The van der Waals surface area contributed by atoms with E-state index in [1.807, 2.05) is 33.8 Å². The lowest BCUT2D eigenvalue weighted by atomic mass is 9.92. The summed E-state index contributed by atoms with van der Waals surface area (Å²) in [5, 5.41) is 32.4. The summed E-state index contributed by atoms with van der Waals surface area (Å²) in [6.07, 6.45) is 4.85. The van der Waals surface area contributed by atoms with Gasteiger partial charge in [-0.15, -0.1) is 0 Å². The normalized spacial score (nSPS) is 12.8. The van der Waals surface area contributed by atoms with Crippen molar-refractivity contribution in [2.24, 2.45) is 0 Å². The molecule has 0 unspecified atom stereocenters. The van der Waals surface area contributed by atoms with Crippen LogP contribution in [0.4, 0.5) is 0 Å². The molecule has 0 aliphatic heterocycles. The summed E-state index contributed by atoms with van der Waals surface area (Å²) in [7, 11) is 0. The van der Waals surface area contributed by atoms with E-state index < -0.39 is 23.3 Å². The minimum Gasteiger partial charge on any atom is -0.507 e. The molecule has 1 aromatic carbocycles. The van der Waals surface area contributed by atoms with Crippen molar-refractivity contribution in [1.82, 2.24) is 0 Å². The van der Waals surface area contributed by atoms with E-state index in [0.29, 0.717) is 12.8 Å². The first-order valence-corrected chi connectivity index (χ1v) is 10.7. The van der Waals surface area contributed by atoms with E-state index in [0.717, 1.165) is 18.1 Å². The molecule has 0 saturated carbocycles. The van der Waals surface area contributed by atoms with Crippen LogP contribution in [0.5, 0.6) is 11.5 Å². The summed E-state index contributed by atoms with van der Waals surface area (Å²) >= 11 is 0. The molecule has 0 amide bonds. The molecule has 6 heteroatoms. The average Bonchev–Trinajstić information content (AvgIpc) is 2.70. The van der Waals surface area contributed by atoms with Gasteiger partial charge in [0.25, 0.3) is 0 Å². The van der Waals surface area contributed by atoms with Gasteiger partial charge >= 0.3 is 5.63 Å². The number of aliphatic hydroxyl groups is 1. The van der Waals surface area contributed by atoms with Crippen molar-refractivity contribution in [2.75, 3.05) is 0 Å². The van der Waals surface area contributed by atoms with Gasteiger partial charge in [-0.25, -0.2) is 4.79 Å². The van der Waals surface area contributed by atoms with Crippen molar-refractivity contribution in [3.63, 3.8) is 0 Å². The number of hydrogen-bond donors (Lipinski definition) is 3. The Morgan fingerprint density at radius 3 is 2.39 bits per heavy atom. The molecule has 6 nitrogen and oxygen atoms in total. The maximum atomic E-state index is 12.7. The number of carbonyl (C=O) groups is 1. The molecule has 1 heterocycles. The monoisotopic (exact) mass is 428 g/mol. The van der Waals surface area contributed by atoms with E-state index in [1.54, 1.807) is 6.92 Å². The molecule has 2 aromatic rings. The molecule has 0 aliphatic carbocycles. The van der Waals surface area contributed by atoms with Crippen molar-refractivity contribution >= 4 is 16.8 Å². The summed E-state index contributed by atoms with van der Waals surface area (Å²) in [6.45, 7) is 9.53. The molecule has 0 aliphatic rings. The lowest BCUT2D eigenvalue weighted by Gasteiger charge is -2.18. The number of phenolic OH excluding ortho intramolecular Hbond substituents is 2. The predicted molar refractivity (Wildman–Crippen MR) is 122 cm³/mol. The molecule has 0 bridgehead atoms. The Bertz CT molecular complexity index is 1080. The maximum Gasteiger partial charge on any atom is 0.336 e. The Labute approximate surface area is 182 Å². The highest BCUT2D eigenvalue weighted by Crippen LogP contribution is 2.43. The van der Waals surface area contributed by atoms with Gasteiger partial charge in [-0.05, 0) is 46.5 Å². The highest BCUT2D eigenvalue weighted by molar-refractivity contribution is 6.08. The standard InChI is InChI=1S/C25H32O6/c1-6-8-19(27)22-23(29)16(12-11-15(5)10-9-14(3)4)25-21(24(22)30)17(18(26)7-2)13-20(28)31-25/h9,11,13,18,26,29-30H,6-8,10,12H2,1-5H3/b15-11+/t18-/m0/s1. The summed E-state index contributed by atoms with van der Waals surface area (Å²) in [5.41, 5.74) is 1.74. The van der Waals surface area contributed by atoms with E-state index in [4.69, 9.17) is 4.42 Å². The molecule has 0 saturated heterocycles. The first-order chi connectivity index (χ1) is 14.6. The van der Waals surface area contributed by atoms with Gasteiger partial charge < -0.3 is 19.7 Å². The minimum absolute atomic E-state index is 0.00990. The van der Waals surface area contributed by atoms with Gasteiger partial charge in [0.1, 0.15) is 22.6 Å². The molecular formula is C25H32O6. The number of fused-ring (bicyclic) bond motifs is 1. The summed E-state index contributed by atoms with van der Waals surface area (Å²) < 4.78 is 5.38. The zero-order valence-electron chi connectivity index (χ0n) is 18.9. The van der Waals surface area contributed by atoms with E-state index in [2.05, 4.69) is 6.08 Å². The number of phenols is 2. The first kappa shape index (κ1) is 24.4. The second-order valence-electron chi connectivity index (χ2n) is 8.11. The van der Waals surface area contributed by atoms with Crippen LogP contribution in [0.3, 0.4) is 0 Å². The Balaban J connectivity index is 2.84. The summed E-state index contributed by atoms with van der Waals surface area (Å²) in [5.74, 6) is -1.26. The third-order valence-corrected chi connectivity index (χ3v) is 5.25. The van der Waals surface area contributed by atoms with Crippen LogP contribution in [0.15, 0.2) is 38.6 Å². The van der Waals surface area contributed by atoms with Gasteiger partial charge in [-0.3, -0.25) is 4.79 Å². The number of rotatable bonds is 9. The fraction of sp³-hybridized carbons (Fsp3) is 0.440. The van der Waals surface area contributed by atoms with Crippen molar-refractivity contribution < 1.29 is 24.5 Å². The molecular weight excluding hydrogens is 396 g/mol. The molecule has 0 spiro atoms. The molecule has 1 aromatic heterocycles. The quantitative estimate of drug-likeness (QED) is 0.277. The molecule has 0 fully saturated rings. The largest absolute Gasteiger partial charge is 0.507 e. The Kier molecular flexibility index (Phi) is 8.22. The number of hydrogen-bond acceptors (Lipinski definition) is 6. The summed E-state index contributed by atoms with van der Waals surface area (Å²) in [6, 6.07) is 1.13. The zero-order chi connectivity index (χ0) is 23.3. The van der Waals surface area contributed by atoms with E-state index in [-0.39, 0.29) is 46.3 Å². The highest BCUT2D eigenvalue weighted by atomic mass is 16.4. The van der Waals surface area contributed by atoms with Gasteiger partial charge in [-0.2, -0.15) is 0 Å². The number of benzene rings is 1. The van der Waals surface area contributed by atoms with Gasteiger partial charge in [0.15, 0.2) is 5.78 Å². The third kappa shape index (κ3) is 5.44. The fourth-order valence-corrected chi connectivity index (χ4v) is 3.48. The highest BCUT2D eigenvalue weighted by Gasteiger charge is 2.28. The van der Waals surface area contributed by atoms with Crippen LogP contribution in [-0.2, 0) is 6.42 Å². The van der Waals surface area contributed by atoms with Crippen LogP contribution < -0.4 is 5.63 Å². The number of allylic oxidation sites excluding steroid dienone is 4. The number of Topliss-reactive ketones (excluding diaryl/α,β-unsaturated/α-hetero) is 1. The molecule has 0 radical (unpaired) electrons. The van der Waals surface area contributed by atoms with Crippen molar-refractivity contribution in [3.8, 4) is 11.5 Å². The maximum absolute atomic E-state index is 12.7. The van der Waals surface area contributed by atoms with Crippen LogP contribution in [0, 0.1) is 0 Å². The SMILES string of the molecule is CCCC(=O)c1c(O)c(C/C=C(\C)CC=C(C)C)c2oc(=O)cc([C@@H](O)CC)c2c1O. The first-order valence-electron chi connectivity index (χ1n) is 10.7. The van der Waals surface area contributed by atoms with Crippen LogP contribution in [0.25, 0.3) is 11.0 Å². The van der Waals surface area contributed by atoms with Crippen molar-refractivity contribution in [1.29, 1.82) is 0 Å². The molecule has 168 valence electrons. The third-order valence-electron chi connectivity index (χ3n) is 5.25. The Morgan fingerprint density at radius 1 is 1.13 bits per heavy atom.